The molecule has 0 spiro atoms. The summed E-state index contributed by atoms with van der Waals surface area (Å²) in [5.41, 5.74) is 0. The zero-order chi connectivity index (χ0) is 12.8. The van der Waals surface area contributed by atoms with Gasteiger partial charge in [0.05, 0.1) is 18.8 Å². The molecule has 0 aliphatic carbocycles. The lowest BCUT2D eigenvalue weighted by Gasteiger charge is -2.37. The van der Waals surface area contributed by atoms with Crippen molar-refractivity contribution in [2.24, 2.45) is 0 Å². The predicted octanol–water partition coefficient (Wildman–Crippen LogP) is 0.798. The summed E-state index contributed by atoms with van der Waals surface area (Å²) >= 11 is 0. The molecular weight excluding hydrogens is 216 g/mol. The molecule has 102 valence electrons. The van der Waals surface area contributed by atoms with E-state index in [1.54, 1.807) is 0 Å². The van der Waals surface area contributed by atoms with E-state index in [1.165, 1.54) is 0 Å². The molecule has 1 atom stereocenters. The van der Waals surface area contributed by atoms with Crippen LogP contribution >= 0.6 is 0 Å². The van der Waals surface area contributed by atoms with Gasteiger partial charge in [0.25, 0.3) is 0 Å². The topological polar surface area (TPSA) is 35.9 Å². The molecule has 1 heterocycles. The molecule has 0 radical (unpaired) electrons. The van der Waals surface area contributed by atoms with Gasteiger partial charge in [-0.15, -0.1) is 0 Å². The van der Waals surface area contributed by atoms with Crippen LogP contribution in [-0.4, -0.2) is 72.5 Å². The summed E-state index contributed by atoms with van der Waals surface area (Å²) < 4.78 is 5.42. The molecule has 1 rings (SSSR count). The highest BCUT2D eigenvalue weighted by Crippen LogP contribution is 2.06. The summed E-state index contributed by atoms with van der Waals surface area (Å²) in [6.07, 6.45) is -0.162. The highest BCUT2D eigenvalue weighted by molar-refractivity contribution is 4.75. The Balaban J connectivity index is 2.17. The highest BCUT2D eigenvalue weighted by atomic mass is 16.5. The maximum atomic E-state index is 9.85. The van der Waals surface area contributed by atoms with Gasteiger partial charge in [-0.3, -0.25) is 9.80 Å². The minimum atomic E-state index is -0.358. The van der Waals surface area contributed by atoms with Crippen LogP contribution in [0.4, 0.5) is 0 Å². The molecule has 0 aromatic rings. The number of β-amino-alcohol motifs (C(OH)–C–C–N with tert-alkyl or cyclic N) is 1. The van der Waals surface area contributed by atoms with E-state index in [9.17, 15) is 5.11 Å². The number of rotatable bonds is 6. The summed E-state index contributed by atoms with van der Waals surface area (Å²) in [6.45, 7) is 14.0. The molecule has 4 heteroatoms. The number of ether oxygens (including phenoxy) is 1. The van der Waals surface area contributed by atoms with Gasteiger partial charge in [-0.1, -0.05) is 0 Å². The molecule has 0 saturated carbocycles. The Bertz CT molecular complexity index is 202. The Morgan fingerprint density at radius 2 is 1.65 bits per heavy atom. The third kappa shape index (κ3) is 5.82. The largest absolute Gasteiger partial charge is 0.389 e. The van der Waals surface area contributed by atoms with Gasteiger partial charge in [-0.2, -0.15) is 0 Å². The monoisotopic (exact) mass is 244 g/mol. The quantitative estimate of drug-likeness (QED) is 0.750. The lowest BCUT2D eigenvalue weighted by molar-refractivity contribution is -0.0159. The van der Waals surface area contributed by atoms with Crippen LogP contribution in [0.1, 0.15) is 27.7 Å². The Hall–Kier alpha value is -0.160. The SMILES string of the molecule is CC(C)OC[C@@H](O)CN1CCN(C(C)C)CC1. The fourth-order valence-electron chi connectivity index (χ4n) is 2.12. The lowest BCUT2D eigenvalue weighted by atomic mass is 10.2. The van der Waals surface area contributed by atoms with Gasteiger partial charge in [-0.05, 0) is 27.7 Å². The molecule has 1 N–H and O–H groups in total. The summed E-state index contributed by atoms with van der Waals surface area (Å²) in [5, 5.41) is 9.85. The third-order valence-electron chi connectivity index (χ3n) is 3.23. The molecule has 4 nitrogen and oxygen atoms in total. The van der Waals surface area contributed by atoms with Crippen molar-refractivity contribution in [2.45, 2.75) is 45.9 Å². The molecule has 0 aromatic heterocycles. The van der Waals surface area contributed by atoms with Gasteiger partial charge in [0.2, 0.25) is 0 Å². The zero-order valence-electron chi connectivity index (χ0n) is 11.7. The summed E-state index contributed by atoms with van der Waals surface area (Å²) in [5.74, 6) is 0. The lowest BCUT2D eigenvalue weighted by Crippen LogP contribution is -2.50. The van der Waals surface area contributed by atoms with Crippen molar-refractivity contribution in [2.75, 3.05) is 39.3 Å². The average Bonchev–Trinajstić information content (AvgIpc) is 2.27. The van der Waals surface area contributed by atoms with Crippen molar-refractivity contribution in [1.29, 1.82) is 0 Å². The Labute approximate surface area is 106 Å². The maximum Gasteiger partial charge on any atom is 0.0900 e. The van der Waals surface area contributed by atoms with E-state index < -0.39 is 0 Å². The number of piperazine rings is 1. The van der Waals surface area contributed by atoms with E-state index >= 15 is 0 Å². The van der Waals surface area contributed by atoms with Crippen molar-refractivity contribution in [3.8, 4) is 0 Å². The normalized spacial score (nSPS) is 21.4. The van der Waals surface area contributed by atoms with E-state index in [1.807, 2.05) is 13.8 Å². The molecule has 17 heavy (non-hydrogen) atoms. The van der Waals surface area contributed by atoms with Crippen molar-refractivity contribution >= 4 is 0 Å². The Morgan fingerprint density at radius 1 is 1.06 bits per heavy atom. The Morgan fingerprint density at radius 3 is 2.12 bits per heavy atom. The minimum Gasteiger partial charge on any atom is -0.389 e. The van der Waals surface area contributed by atoms with Crippen molar-refractivity contribution in [3.05, 3.63) is 0 Å². The number of aliphatic hydroxyl groups is 1. The van der Waals surface area contributed by atoms with E-state index in [0.717, 1.165) is 32.7 Å². The van der Waals surface area contributed by atoms with Gasteiger partial charge >= 0.3 is 0 Å². The van der Waals surface area contributed by atoms with Crippen LogP contribution in [0.2, 0.25) is 0 Å². The van der Waals surface area contributed by atoms with E-state index in [-0.39, 0.29) is 12.2 Å². The first-order valence-electron chi connectivity index (χ1n) is 6.75. The van der Waals surface area contributed by atoms with Crippen molar-refractivity contribution in [1.82, 2.24) is 9.80 Å². The second-order valence-corrected chi connectivity index (χ2v) is 5.47. The van der Waals surface area contributed by atoms with E-state index in [2.05, 4.69) is 23.6 Å². The summed E-state index contributed by atoms with van der Waals surface area (Å²) in [7, 11) is 0. The first-order chi connectivity index (χ1) is 7.99. The molecule has 0 amide bonds. The van der Waals surface area contributed by atoms with Crippen LogP contribution in [0.3, 0.4) is 0 Å². The Kier molecular flexibility index (Phi) is 6.41. The van der Waals surface area contributed by atoms with Crippen molar-refractivity contribution in [3.63, 3.8) is 0 Å². The van der Waals surface area contributed by atoms with Gasteiger partial charge < -0.3 is 9.84 Å². The smallest absolute Gasteiger partial charge is 0.0900 e. The predicted molar refractivity (Wildman–Crippen MR) is 70.2 cm³/mol. The molecule has 1 fully saturated rings. The molecule has 1 saturated heterocycles. The van der Waals surface area contributed by atoms with E-state index in [4.69, 9.17) is 4.74 Å². The van der Waals surface area contributed by atoms with Crippen LogP contribution in [0.25, 0.3) is 0 Å². The van der Waals surface area contributed by atoms with Gasteiger partial charge in [0, 0.05) is 38.8 Å². The molecule has 0 aromatic carbocycles. The zero-order valence-corrected chi connectivity index (χ0v) is 11.7. The molecule has 1 aliphatic heterocycles. The van der Waals surface area contributed by atoms with Gasteiger partial charge in [-0.25, -0.2) is 0 Å². The van der Waals surface area contributed by atoms with Crippen LogP contribution in [0.5, 0.6) is 0 Å². The summed E-state index contributed by atoms with van der Waals surface area (Å²) in [4.78, 5) is 4.81. The molecule has 1 aliphatic rings. The fourth-order valence-corrected chi connectivity index (χ4v) is 2.12. The second kappa shape index (κ2) is 7.31. The first-order valence-corrected chi connectivity index (χ1v) is 6.75. The number of aliphatic hydroxyl groups excluding tert-OH is 1. The molecule has 0 bridgehead atoms. The van der Waals surface area contributed by atoms with E-state index in [0.29, 0.717) is 12.6 Å². The van der Waals surface area contributed by atoms with Crippen molar-refractivity contribution < 1.29 is 9.84 Å². The average molecular weight is 244 g/mol. The standard InChI is InChI=1S/C13H28N2O2/c1-11(2)15-7-5-14(6-8-15)9-13(16)10-17-12(3)4/h11-13,16H,5-10H2,1-4H3/t13-/m0/s1. The maximum absolute atomic E-state index is 9.85. The second-order valence-electron chi connectivity index (χ2n) is 5.47. The first kappa shape index (κ1) is 14.9. The summed E-state index contributed by atoms with van der Waals surface area (Å²) in [6, 6.07) is 0.631. The highest BCUT2D eigenvalue weighted by Gasteiger charge is 2.20. The van der Waals surface area contributed by atoms with Crippen LogP contribution in [0.15, 0.2) is 0 Å². The number of hydrogen-bond acceptors (Lipinski definition) is 4. The molecular formula is C13H28N2O2. The number of nitrogens with zero attached hydrogens (tertiary/aromatic N) is 2. The fraction of sp³-hybridized carbons (Fsp3) is 1.00. The van der Waals surface area contributed by atoms with Gasteiger partial charge in [0.15, 0.2) is 0 Å². The van der Waals surface area contributed by atoms with Crippen LogP contribution < -0.4 is 0 Å². The number of hydrogen-bond donors (Lipinski definition) is 1. The third-order valence-corrected chi connectivity index (χ3v) is 3.23. The van der Waals surface area contributed by atoms with Gasteiger partial charge in [0.1, 0.15) is 0 Å². The van der Waals surface area contributed by atoms with Crippen LogP contribution in [0, 0.1) is 0 Å². The van der Waals surface area contributed by atoms with Crippen LogP contribution in [-0.2, 0) is 4.74 Å². The molecule has 0 unspecified atom stereocenters. The minimum absolute atomic E-state index is 0.197.